The Labute approximate surface area is 142 Å². The van der Waals surface area contributed by atoms with E-state index in [0.29, 0.717) is 16.5 Å². The summed E-state index contributed by atoms with van der Waals surface area (Å²) >= 11 is 0. The molecule has 0 aliphatic rings. The fourth-order valence-corrected chi connectivity index (χ4v) is 1.78. The number of benzene rings is 2. The van der Waals surface area contributed by atoms with Gasteiger partial charge in [-0.1, -0.05) is 52.0 Å². The summed E-state index contributed by atoms with van der Waals surface area (Å²) in [5.41, 5.74) is 4.99. The first-order chi connectivity index (χ1) is 11.8. The van der Waals surface area contributed by atoms with Gasteiger partial charge in [0.15, 0.2) is 0 Å². The Morgan fingerprint density at radius 3 is 2.08 bits per heavy atom. The average Bonchev–Trinajstić information content (AvgIpc) is 2.67. The number of rotatable bonds is 1. The van der Waals surface area contributed by atoms with Crippen LogP contribution in [-0.2, 0) is 0 Å². The van der Waals surface area contributed by atoms with Crippen LogP contribution in [0.4, 0.5) is 0 Å². The molecule has 0 amide bonds. The van der Waals surface area contributed by atoms with Crippen molar-refractivity contribution in [2.75, 3.05) is 7.05 Å². The topological polar surface area (TPSA) is 89.4 Å². The van der Waals surface area contributed by atoms with Gasteiger partial charge in [0, 0.05) is 0 Å². The van der Waals surface area contributed by atoms with E-state index in [-0.39, 0.29) is 17.2 Å². The molecule has 0 unspecified atom stereocenters. The van der Waals surface area contributed by atoms with E-state index in [0.717, 1.165) is 0 Å². The number of nitrogens with zero attached hydrogens (tertiary/aromatic N) is 1. The van der Waals surface area contributed by atoms with Crippen LogP contribution >= 0.6 is 0 Å². The van der Waals surface area contributed by atoms with Gasteiger partial charge >= 0.3 is 0 Å². The fraction of sp³-hybridized carbons (Fsp3) is 0.263. The third-order valence-electron chi connectivity index (χ3n) is 2.66. The van der Waals surface area contributed by atoms with Crippen molar-refractivity contribution in [3.63, 3.8) is 0 Å². The minimum atomic E-state index is -0.366. The van der Waals surface area contributed by atoms with Crippen molar-refractivity contribution in [2.24, 2.45) is 5.73 Å². The van der Waals surface area contributed by atoms with Gasteiger partial charge in [0.1, 0.15) is 11.3 Å². The highest BCUT2D eigenvalue weighted by atomic mass is 16.3. The largest absolute Gasteiger partial charge is 0.507 e. The van der Waals surface area contributed by atoms with Crippen molar-refractivity contribution in [3.8, 4) is 17.2 Å². The molecular weight excluding hydrogens is 304 g/mol. The molecule has 0 fully saturated rings. The van der Waals surface area contributed by atoms with Crippen molar-refractivity contribution in [2.45, 2.75) is 27.7 Å². The minimum Gasteiger partial charge on any atom is -0.507 e. The zero-order valence-electron chi connectivity index (χ0n) is 14.9. The molecule has 5 nitrogen and oxygen atoms in total. The van der Waals surface area contributed by atoms with E-state index < -0.39 is 0 Å². The van der Waals surface area contributed by atoms with Crippen molar-refractivity contribution >= 4 is 11.0 Å². The van der Waals surface area contributed by atoms with Gasteiger partial charge in [-0.15, -0.1) is 0 Å². The van der Waals surface area contributed by atoms with Crippen LogP contribution in [0.2, 0.25) is 0 Å². The molecule has 24 heavy (non-hydrogen) atoms. The first kappa shape index (κ1) is 21.3. The van der Waals surface area contributed by atoms with Crippen LogP contribution in [0.5, 0.6) is 5.75 Å². The molecule has 2 aromatic carbocycles. The highest BCUT2D eigenvalue weighted by molar-refractivity contribution is 5.77. The van der Waals surface area contributed by atoms with Crippen LogP contribution < -0.4 is 11.3 Å². The molecule has 0 bridgehead atoms. The van der Waals surface area contributed by atoms with Gasteiger partial charge in [-0.3, -0.25) is 4.79 Å². The number of phenolic OH excluding ortho intramolecular Hbond substituents is 1. The Kier molecular flexibility index (Phi) is 10.5. The summed E-state index contributed by atoms with van der Waals surface area (Å²) < 4.78 is 5.54. The van der Waals surface area contributed by atoms with Crippen molar-refractivity contribution in [1.29, 1.82) is 0 Å². The predicted molar refractivity (Wildman–Crippen MR) is 100 cm³/mol. The van der Waals surface area contributed by atoms with Crippen LogP contribution in [0.1, 0.15) is 27.7 Å². The molecule has 1 aromatic heterocycles. The van der Waals surface area contributed by atoms with Crippen molar-refractivity contribution in [3.05, 3.63) is 58.9 Å². The van der Waals surface area contributed by atoms with Gasteiger partial charge < -0.3 is 15.3 Å². The lowest BCUT2D eigenvalue weighted by Crippen LogP contribution is -2.06. The second-order valence-electron chi connectivity index (χ2n) is 3.84. The lowest BCUT2D eigenvalue weighted by atomic mass is 10.2. The predicted octanol–water partition coefficient (Wildman–Crippen LogP) is 4.19. The van der Waals surface area contributed by atoms with E-state index in [2.05, 4.69) is 10.7 Å². The van der Waals surface area contributed by atoms with Gasteiger partial charge in [-0.2, -0.15) is 4.98 Å². The molecule has 0 aliphatic heterocycles. The average molecular weight is 330 g/mol. The van der Waals surface area contributed by atoms with Crippen LogP contribution in [0.15, 0.2) is 57.7 Å². The second kappa shape index (κ2) is 11.8. The molecule has 3 rings (SSSR count). The lowest BCUT2D eigenvalue weighted by Gasteiger charge is -2.03. The quantitative estimate of drug-likeness (QED) is 0.698. The Bertz CT molecular complexity index is 783. The number of hydrogen-bond donors (Lipinski definition) is 2. The molecule has 3 N–H and O–H groups in total. The summed E-state index contributed by atoms with van der Waals surface area (Å²) in [5, 5.41) is 10.2. The molecule has 0 saturated heterocycles. The van der Waals surface area contributed by atoms with Crippen molar-refractivity contribution < 1.29 is 9.52 Å². The van der Waals surface area contributed by atoms with E-state index in [4.69, 9.17) is 4.42 Å². The third kappa shape index (κ3) is 5.21. The molecule has 0 aliphatic carbocycles. The number of para-hydroxylation sites is 2. The zero-order valence-corrected chi connectivity index (χ0v) is 14.9. The Morgan fingerprint density at radius 1 is 0.917 bits per heavy atom. The second-order valence-corrected chi connectivity index (χ2v) is 3.84. The van der Waals surface area contributed by atoms with E-state index in [1.165, 1.54) is 13.1 Å². The molecule has 130 valence electrons. The third-order valence-corrected chi connectivity index (χ3v) is 2.66. The van der Waals surface area contributed by atoms with Gasteiger partial charge in [0.05, 0.1) is 10.9 Å². The number of phenols is 1. The highest BCUT2D eigenvalue weighted by Crippen LogP contribution is 2.27. The minimum absolute atomic E-state index is 0.0310. The van der Waals surface area contributed by atoms with Crippen LogP contribution in [-0.4, -0.2) is 17.1 Å². The molecule has 1 heterocycles. The Balaban J connectivity index is 0.000000798. The number of nitrogens with two attached hydrogens (primary N) is 1. The molecule has 0 atom stereocenters. The maximum absolute atomic E-state index is 11.8. The standard InChI is InChI=1S/C14H9NO3.2C2H6.CH5N/c16-11-7-3-1-5-9(11)14-15-13(17)10-6-2-4-8-12(10)18-14;3*1-2/h1-8,16H;2*1-2H3;2H2,1H3. The van der Waals surface area contributed by atoms with Crippen LogP contribution in [0.25, 0.3) is 22.4 Å². The van der Waals surface area contributed by atoms with Gasteiger partial charge in [0.2, 0.25) is 5.89 Å². The Morgan fingerprint density at radius 2 is 1.46 bits per heavy atom. The van der Waals surface area contributed by atoms with Gasteiger partial charge in [-0.05, 0) is 31.3 Å². The normalized spacial score (nSPS) is 8.75. The summed E-state index contributed by atoms with van der Waals surface area (Å²) in [6.07, 6.45) is 0. The molecule has 3 aromatic rings. The molecular formula is C19H26N2O3. The fourth-order valence-electron chi connectivity index (χ4n) is 1.78. The van der Waals surface area contributed by atoms with Crippen LogP contribution in [0, 0.1) is 0 Å². The lowest BCUT2D eigenvalue weighted by molar-refractivity contribution is 0.473. The first-order valence-electron chi connectivity index (χ1n) is 8.02. The van der Waals surface area contributed by atoms with E-state index in [1.807, 2.05) is 27.7 Å². The molecule has 0 spiro atoms. The van der Waals surface area contributed by atoms with Gasteiger partial charge in [-0.25, -0.2) is 0 Å². The Hall–Kier alpha value is -2.66. The van der Waals surface area contributed by atoms with E-state index >= 15 is 0 Å². The van der Waals surface area contributed by atoms with E-state index in [9.17, 15) is 9.90 Å². The number of aromatic hydroxyl groups is 1. The van der Waals surface area contributed by atoms with E-state index in [1.54, 1.807) is 42.5 Å². The molecule has 0 saturated carbocycles. The number of hydrogen-bond acceptors (Lipinski definition) is 5. The number of aromatic nitrogens is 1. The monoisotopic (exact) mass is 330 g/mol. The number of fused-ring (bicyclic) bond motifs is 1. The van der Waals surface area contributed by atoms with Gasteiger partial charge in [0.25, 0.3) is 5.56 Å². The summed E-state index contributed by atoms with van der Waals surface area (Å²) in [5.74, 6) is 0.153. The summed E-state index contributed by atoms with van der Waals surface area (Å²) in [6, 6.07) is 13.5. The SMILES string of the molecule is CC.CC.CN.O=c1nc(-c2ccccc2O)oc2ccccc12. The maximum atomic E-state index is 11.8. The zero-order chi connectivity index (χ0) is 18.5. The maximum Gasteiger partial charge on any atom is 0.284 e. The van der Waals surface area contributed by atoms with Crippen LogP contribution in [0.3, 0.4) is 0 Å². The summed E-state index contributed by atoms with van der Waals surface area (Å²) in [6.45, 7) is 8.00. The highest BCUT2D eigenvalue weighted by Gasteiger charge is 2.10. The first-order valence-corrected chi connectivity index (χ1v) is 8.02. The molecule has 5 heteroatoms. The van der Waals surface area contributed by atoms with Crippen molar-refractivity contribution in [1.82, 2.24) is 4.98 Å². The smallest absolute Gasteiger partial charge is 0.284 e. The molecule has 0 radical (unpaired) electrons. The summed E-state index contributed by atoms with van der Waals surface area (Å²) in [4.78, 5) is 15.7. The summed E-state index contributed by atoms with van der Waals surface area (Å²) in [7, 11) is 1.50.